The summed E-state index contributed by atoms with van der Waals surface area (Å²) in [7, 11) is -1.19. The first kappa shape index (κ1) is 28.8. The number of carbonyl (C=O) groups is 1. The maximum atomic E-state index is 13.6. The van der Waals surface area contributed by atoms with E-state index in [9.17, 15) is 9.00 Å². The highest BCUT2D eigenvalue weighted by Crippen LogP contribution is 2.53. The standard InChI is InChI=1S/C28H34Br2N8O2S/c1-27(2,3)41(40)35-21-18-8-5-4-7-17(18)15-28(21)9-13-36(14-10-28)24-22(30)33-20(23(31)34-24)26(39)37-11-6-12-38-25(37)19(29)16-32-38/h4-5,7-8,16,21,35H,6,9-15H2,1-3H3,(H2,31,34)/t21?,41-/m1/s1. The van der Waals surface area contributed by atoms with Gasteiger partial charge in [0.15, 0.2) is 17.3 Å². The fraction of sp³-hybridized carbons (Fsp3) is 0.500. The Labute approximate surface area is 259 Å². The Morgan fingerprint density at radius 2 is 1.85 bits per heavy atom. The Hall–Kier alpha value is -2.35. The molecular formula is C28H34Br2N8O2S. The summed E-state index contributed by atoms with van der Waals surface area (Å²) in [6.07, 6.45) is 5.21. The Kier molecular flexibility index (Phi) is 7.53. The van der Waals surface area contributed by atoms with E-state index in [1.807, 2.05) is 25.5 Å². The zero-order chi connectivity index (χ0) is 29.1. The van der Waals surface area contributed by atoms with Gasteiger partial charge in [-0.1, -0.05) is 24.3 Å². The van der Waals surface area contributed by atoms with E-state index in [0.717, 1.165) is 49.8 Å². The number of anilines is 3. The van der Waals surface area contributed by atoms with Gasteiger partial charge >= 0.3 is 0 Å². The van der Waals surface area contributed by atoms with Crippen LogP contribution in [0.1, 0.15) is 67.7 Å². The summed E-state index contributed by atoms with van der Waals surface area (Å²) in [5.74, 6) is 1.15. The topological polar surface area (TPSA) is 122 Å². The number of benzene rings is 1. The fourth-order valence-electron chi connectivity index (χ4n) is 6.26. The molecule has 3 N–H and O–H groups in total. The second kappa shape index (κ2) is 10.7. The third-order valence-corrected chi connectivity index (χ3v) is 11.1. The highest BCUT2D eigenvalue weighted by molar-refractivity contribution is 9.10. The summed E-state index contributed by atoms with van der Waals surface area (Å²) >= 11 is 7.10. The van der Waals surface area contributed by atoms with Crippen molar-refractivity contribution in [2.75, 3.05) is 35.2 Å². The van der Waals surface area contributed by atoms with E-state index >= 15 is 0 Å². The van der Waals surface area contributed by atoms with Crippen LogP contribution in [-0.2, 0) is 24.0 Å². The number of carbonyl (C=O) groups excluding carboxylic acids is 1. The SMILES string of the molecule is CC(C)(C)[S@@](=O)NC1c2ccccc2CC12CCN(c1nc(N)c(C(=O)N3CCCn4ncc(Br)c43)nc1Br)CC2. The van der Waals surface area contributed by atoms with Crippen LogP contribution in [0.5, 0.6) is 0 Å². The number of aromatic nitrogens is 4. The predicted molar refractivity (Wildman–Crippen MR) is 168 cm³/mol. The van der Waals surface area contributed by atoms with Crippen molar-refractivity contribution in [2.45, 2.75) is 63.8 Å². The Morgan fingerprint density at radius 1 is 1.12 bits per heavy atom. The molecule has 1 saturated heterocycles. The van der Waals surface area contributed by atoms with E-state index in [4.69, 9.17) is 5.73 Å². The van der Waals surface area contributed by atoms with Crippen LogP contribution in [0.15, 0.2) is 39.5 Å². The number of hydrogen-bond acceptors (Lipinski definition) is 7. The maximum Gasteiger partial charge on any atom is 0.281 e. The molecule has 3 aromatic rings. The van der Waals surface area contributed by atoms with E-state index in [1.54, 1.807) is 11.1 Å². The number of piperidine rings is 1. The van der Waals surface area contributed by atoms with E-state index in [0.29, 0.717) is 22.8 Å². The number of aryl methyl sites for hydroxylation is 1. The number of nitrogen functional groups attached to an aromatic ring is 1. The number of nitrogens with two attached hydrogens (primary N) is 1. The quantitative estimate of drug-likeness (QED) is 0.401. The zero-order valence-corrected chi connectivity index (χ0v) is 27.4. The van der Waals surface area contributed by atoms with Gasteiger partial charge in [-0.25, -0.2) is 23.6 Å². The van der Waals surface area contributed by atoms with Crippen LogP contribution >= 0.6 is 31.9 Å². The molecule has 0 bridgehead atoms. The van der Waals surface area contributed by atoms with Crippen molar-refractivity contribution in [2.24, 2.45) is 5.41 Å². The number of fused-ring (bicyclic) bond motifs is 2. The predicted octanol–water partition coefficient (Wildman–Crippen LogP) is 4.77. The number of amides is 1. The van der Waals surface area contributed by atoms with Gasteiger partial charge in [-0.05, 0) is 94.9 Å². The van der Waals surface area contributed by atoms with Gasteiger partial charge < -0.3 is 10.6 Å². The van der Waals surface area contributed by atoms with Crippen LogP contribution in [0, 0.1) is 5.41 Å². The second-order valence-electron chi connectivity index (χ2n) is 12.1. The highest BCUT2D eigenvalue weighted by atomic mass is 79.9. The minimum atomic E-state index is -1.19. The molecule has 2 aromatic heterocycles. The average Bonchev–Trinajstić information content (AvgIpc) is 3.47. The largest absolute Gasteiger partial charge is 0.382 e. The maximum absolute atomic E-state index is 13.6. The van der Waals surface area contributed by atoms with Gasteiger partial charge in [0.1, 0.15) is 10.4 Å². The molecule has 1 amide bonds. The van der Waals surface area contributed by atoms with E-state index < -0.39 is 11.0 Å². The molecule has 0 radical (unpaired) electrons. The molecule has 41 heavy (non-hydrogen) atoms. The molecular weight excluding hydrogens is 672 g/mol. The molecule has 1 fully saturated rings. The monoisotopic (exact) mass is 704 g/mol. The molecule has 10 nitrogen and oxygen atoms in total. The average molecular weight is 707 g/mol. The Bertz CT molecular complexity index is 1530. The molecule has 1 aromatic carbocycles. The molecule has 1 aliphatic carbocycles. The van der Waals surface area contributed by atoms with Gasteiger partial charge in [0.05, 0.1) is 32.4 Å². The summed E-state index contributed by atoms with van der Waals surface area (Å²) in [6.45, 7) is 8.78. The van der Waals surface area contributed by atoms with E-state index in [1.165, 1.54) is 11.1 Å². The number of hydrogen-bond donors (Lipinski definition) is 2. The minimum Gasteiger partial charge on any atom is -0.382 e. The van der Waals surface area contributed by atoms with Crippen LogP contribution < -0.4 is 20.3 Å². The molecule has 6 rings (SSSR count). The molecule has 13 heteroatoms. The first-order valence-corrected chi connectivity index (χ1v) is 16.6. The van der Waals surface area contributed by atoms with Crippen molar-refractivity contribution in [3.05, 3.63) is 56.4 Å². The van der Waals surface area contributed by atoms with Crippen LogP contribution in [-0.4, -0.2) is 54.2 Å². The van der Waals surface area contributed by atoms with Gasteiger partial charge in [-0.3, -0.25) is 9.69 Å². The number of halogens is 2. The molecule has 218 valence electrons. The van der Waals surface area contributed by atoms with Crippen molar-refractivity contribution < 1.29 is 9.00 Å². The first-order valence-electron chi connectivity index (χ1n) is 13.9. The number of rotatable bonds is 4. The third kappa shape index (κ3) is 5.12. The lowest BCUT2D eigenvalue weighted by Gasteiger charge is -2.44. The Balaban J connectivity index is 1.22. The van der Waals surface area contributed by atoms with E-state index in [2.05, 4.69) is 80.8 Å². The van der Waals surface area contributed by atoms with Gasteiger partial charge in [0.25, 0.3) is 5.91 Å². The lowest BCUT2D eigenvalue weighted by atomic mass is 9.73. The summed E-state index contributed by atoms with van der Waals surface area (Å²) < 4.78 is 19.4. The fourth-order valence-corrected chi connectivity index (χ4v) is 8.24. The van der Waals surface area contributed by atoms with Gasteiger partial charge in [-0.2, -0.15) is 5.10 Å². The number of nitrogens with zero attached hydrogens (tertiary/aromatic N) is 6. The van der Waals surface area contributed by atoms with Crippen molar-refractivity contribution in [3.8, 4) is 0 Å². The van der Waals surface area contributed by atoms with Gasteiger partial charge in [-0.15, -0.1) is 0 Å². The lowest BCUT2D eigenvalue weighted by molar-refractivity contribution is 0.0976. The molecule has 0 saturated carbocycles. The van der Waals surface area contributed by atoms with Crippen molar-refractivity contribution in [1.29, 1.82) is 0 Å². The van der Waals surface area contributed by atoms with Gasteiger partial charge in [0, 0.05) is 26.2 Å². The third-order valence-electron chi connectivity index (χ3n) is 8.45. The van der Waals surface area contributed by atoms with Crippen LogP contribution in [0.25, 0.3) is 0 Å². The van der Waals surface area contributed by atoms with Crippen molar-refractivity contribution >= 4 is 66.2 Å². The molecule has 3 aliphatic rings. The highest BCUT2D eigenvalue weighted by Gasteiger charge is 2.49. The van der Waals surface area contributed by atoms with E-state index in [-0.39, 0.29) is 33.6 Å². The summed E-state index contributed by atoms with van der Waals surface area (Å²) in [4.78, 5) is 26.7. The normalized spacial score (nSPS) is 20.7. The zero-order valence-electron chi connectivity index (χ0n) is 23.4. The van der Waals surface area contributed by atoms with Crippen LogP contribution in [0.2, 0.25) is 0 Å². The lowest BCUT2D eigenvalue weighted by Crippen LogP contribution is -2.48. The van der Waals surface area contributed by atoms with Crippen molar-refractivity contribution in [3.63, 3.8) is 0 Å². The van der Waals surface area contributed by atoms with Crippen molar-refractivity contribution in [1.82, 2.24) is 24.5 Å². The van der Waals surface area contributed by atoms with Crippen LogP contribution in [0.4, 0.5) is 17.5 Å². The summed E-state index contributed by atoms with van der Waals surface area (Å²) in [5.41, 5.74) is 9.02. The van der Waals surface area contributed by atoms with Crippen LogP contribution in [0.3, 0.4) is 0 Å². The summed E-state index contributed by atoms with van der Waals surface area (Å²) in [5, 5.41) is 4.35. The second-order valence-corrected chi connectivity index (χ2v) is 15.7. The smallest absolute Gasteiger partial charge is 0.281 e. The summed E-state index contributed by atoms with van der Waals surface area (Å²) in [6, 6.07) is 8.52. The minimum absolute atomic E-state index is 0.0119. The molecule has 2 aliphatic heterocycles. The molecule has 1 unspecified atom stereocenters. The molecule has 1 spiro atoms. The molecule has 2 atom stereocenters. The Morgan fingerprint density at radius 3 is 2.59 bits per heavy atom. The van der Waals surface area contributed by atoms with Gasteiger partial charge in [0.2, 0.25) is 0 Å². The first-order chi connectivity index (χ1) is 19.5. The number of nitrogens with one attached hydrogen (secondary N) is 1. The molecule has 4 heterocycles.